The van der Waals surface area contributed by atoms with Crippen molar-refractivity contribution < 1.29 is 34.3 Å². The smallest absolute Gasteiger partial charge is 0.143 e. The van der Waals surface area contributed by atoms with E-state index < -0.39 is 5.60 Å². The first-order valence-corrected chi connectivity index (χ1v) is 21.8. The average molecular weight is 769 g/mol. The first-order chi connectivity index (χ1) is 27.3. The molecule has 56 heavy (non-hydrogen) atoms. The molecule has 0 aromatic heterocycles. The van der Waals surface area contributed by atoms with E-state index in [-0.39, 0.29) is 49.0 Å². The number of aliphatic hydroxyl groups excluding tert-OH is 3. The van der Waals surface area contributed by atoms with Crippen molar-refractivity contribution in [1.82, 2.24) is 0 Å². The zero-order chi connectivity index (χ0) is 39.2. The maximum absolute atomic E-state index is 10.0. The summed E-state index contributed by atoms with van der Waals surface area (Å²) in [4.78, 5) is 0. The number of hydrogen-bond donors (Lipinski definition) is 3. The van der Waals surface area contributed by atoms with Crippen LogP contribution in [-0.2, 0) is 24.5 Å². The molecule has 4 aliphatic carbocycles. The molecule has 11 atom stereocenters. The number of aliphatic hydroxyl groups is 3. The highest BCUT2D eigenvalue weighted by atomic mass is 16.5. The molecular weight excluding hydrogens is 701 g/mol. The molecule has 7 heteroatoms. The molecule has 0 aliphatic heterocycles. The van der Waals surface area contributed by atoms with Gasteiger partial charge in [0.2, 0.25) is 0 Å². The Kier molecular flexibility index (Phi) is 13.7. The van der Waals surface area contributed by atoms with Crippen LogP contribution in [0, 0.1) is 46.3 Å². The molecule has 0 bridgehead atoms. The molecular formula is C49H68O7. The van der Waals surface area contributed by atoms with Gasteiger partial charge in [-0.2, -0.15) is 0 Å². The second kappa shape index (κ2) is 18.5. The van der Waals surface area contributed by atoms with Crippen molar-refractivity contribution in [3.8, 4) is 0 Å². The fraction of sp³-hybridized carbons (Fsp3) is 0.633. The third-order valence-corrected chi connectivity index (χ3v) is 15.4. The summed E-state index contributed by atoms with van der Waals surface area (Å²) in [6, 6.07) is 32.0. The summed E-state index contributed by atoms with van der Waals surface area (Å²) in [6.07, 6.45) is 9.74. The Morgan fingerprint density at radius 3 is 1.82 bits per heavy atom. The van der Waals surface area contributed by atoms with Gasteiger partial charge in [0.05, 0.1) is 58.0 Å². The first-order valence-electron chi connectivity index (χ1n) is 21.8. The predicted octanol–water partition coefficient (Wildman–Crippen LogP) is 8.42. The summed E-state index contributed by atoms with van der Waals surface area (Å²) in [5.41, 5.74) is 2.76. The molecule has 2 unspecified atom stereocenters. The van der Waals surface area contributed by atoms with Gasteiger partial charge < -0.3 is 34.3 Å². The molecule has 306 valence electrons. The topological polar surface area (TPSA) is 97.6 Å². The van der Waals surface area contributed by atoms with Gasteiger partial charge in [0, 0.05) is 12.0 Å². The van der Waals surface area contributed by atoms with Gasteiger partial charge in [-0.05, 0) is 115 Å². The number of hydrogen-bond acceptors (Lipinski definition) is 7. The third kappa shape index (κ3) is 7.91. The Bertz CT molecular complexity index is 1520. The van der Waals surface area contributed by atoms with E-state index in [9.17, 15) is 15.3 Å². The van der Waals surface area contributed by atoms with Gasteiger partial charge in [0.15, 0.2) is 0 Å². The fourth-order valence-corrected chi connectivity index (χ4v) is 12.9. The van der Waals surface area contributed by atoms with Gasteiger partial charge in [0.1, 0.15) is 5.60 Å². The highest BCUT2D eigenvalue weighted by molar-refractivity contribution is 5.47. The molecule has 4 fully saturated rings. The molecule has 3 aromatic rings. The number of benzene rings is 3. The predicted molar refractivity (Wildman–Crippen MR) is 220 cm³/mol. The molecule has 0 heterocycles. The maximum Gasteiger partial charge on any atom is 0.143 e. The van der Waals surface area contributed by atoms with Crippen LogP contribution in [0.3, 0.4) is 0 Å². The SMILES string of the molecule is C[C@H](CCCOC(c1ccccc1)(c1ccccc1)c1ccccc1)[C@H]1CC[C@H]2C3[C@H](OCCO)CC4C[C@@H](OCCO)CC[C@]4(C)[C@H]3C[C@H](OCCO)[C@]12C. The number of rotatable bonds is 18. The molecule has 0 spiro atoms. The zero-order valence-electron chi connectivity index (χ0n) is 34.1. The van der Waals surface area contributed by atoms with Crippen molar-refractivity contribution >= 4 is 0 Å². The van der Waals surface area contributed by atoms with Crippen molar-refractivity contribution in [2.24, 2.45) is 46.3 Å². The van der Waals surface area contributed by atoms with Crippen LogP contribution in [0.2, 0.25) is 0 Å². The van der Waals surface area contributed by atoms with Crippen LogP contribution in [-0.4, -0.2) is 79.9 Å². The van der Waals surface area contributed by atoms with E-state index in [0.717, 1.165) is 74.5 Å². The molecule has 0 saturated heterocycles. The monoisotopic (exact) mass is 768 g/mol. The van der Waals surface area contributed by atoms with Crippen LogP contribution in [0.4, 0.5) is 0 Å². The highest BCUT2D eigenvalue weighted by Crippen LogP contribution is 2.69. The lowest BCUT2D eigenvalue weighted by atomic mass is 9.43. The lowest BCUT2D eigenvalue weighted by Crippen LogP contribution is -2.63. The van der Waals surface area contributed by atoms with Crippen molar-refractivity contribution in [1.29, 1.82) is 0 Å². The highest BCUT2D eigenvalue weighted by Gasteiger charge is 2.66. The summed E-state index contributed by atoms with van der Waals surface area (Å²) in [5, 5.41) is 29.4. The van der Waals surface area contributed by atoms with Crippen molar-refractivity contribution in [3.63, 3.8) is 0 Å². The Hall–Kier alpha value is -2.62. The number of ether oxygens (including phenoxy) is 4. The van der Waals surface area contributed by atoms with Crippen molar-refractivity contribution in [3.05, 3.63) is 108 Å². The molecule has 3 aromatic carbocycles. The zero-order valence-corrected chi connectivity index (χ0v) is 34.1. The molecule has 7 nitrogen and oxygen atoms in total. The summed E-state index contributed by atoms with van der Waals surface area (Å²) in [7, 11) is 0. The van der Waals surface area contributed by atoms with E-state index in [1.165, 1.54) is 0 Å². The van der Waals surface area contributed by atoms with Crippen LogP contribution in [0.25, 0.3) is 0 Å². The Balaban J connectivity index is 1.12. The average Bonchev–Trinajstić information content (AvgIpc) is 3.60. The van der Waals surface area contributed by atoms with Crippen LogP contribution < -0.4 is 0 Å². The van der Waals surface area contributed by atoms with E-state index in [2.05, 4.69) is 112 Å². The second-order valence-corrected chi connectivity index (χ2v) is 18.0. The van der Waals surface area contributed by atoms with Crippen LogP contribution in [0.5, 0.6) is 0 Å². The van der Waals surface area contributed by atoms with Crippen molar-refractivity contribution in [2.75, 3.05) is 46.2 Å². The summed E-state index contributed by atoms with van der Waals surface area (Å²) in [5.74, 6) is 2.69. The minimum Gasteiger partial charge on any atom is -0.394 e. The molecule has 4 aliphatic rings. The largest absolute Gasteiger partial charge is 0.394 e. The van der Waals surface area contributed by atoms with Crippen LogP contribution in [0.1, 0.15) is 95.2 Å². The Morgan fingerprint density at radius 2 is 1.23 bits per heavy atom. The minimum absolute atomic E-state index is 0.0287. The number of fused-ring (bicyclic) bond motifs is 5. The lowest BCUT2D eigenvalue weighted by molar-refractivity contribution is -0.229. The quantitative estimate of drug-likeness (QED) is 0.0884. The van der Waals surface area contributed by atoms with Gasteiger partial charge in [-0.1, -0.05) is 112 Å². The third-order valence-electron chi connectivity index (χ3n) is 15.4. The summed E-state index contributed by atoms with van der Waals surface area (Å²) in [6.45, 7) is 9.37. The van der Waals surface area contributed by atoms with Crippen LogP contribution in [0.15, 0.2) is 91.0 Å². The Morgan fingerprint density at radius 1 is 0.661 bits per heavy atom. The minimum atomic E-state index is -0.721. The van der Waals surface area contributed by atoms with E-state index in [0.29, 0.717) is 61.9 Å². The van der Waals surface area contributed by atoms with E-state index in [4.69, 9.17) is 18.9 Å². The maximum atomic E-state index is 10.0. The standard InChI is InChI=1S/C49H68O7/c1-35(14-13-28-56-49(36-15-7-4-8-16-36,37-17-9-5-10-18-37)38-19-11-6-12-20-38)41-21-22-42-46-43(34-45(48(41,42)3)55-31-27-52)47(2)24-23-40(53-29-25-50)32-39(47)33-44(46)54-30-26-51/h4-12,15-20,35,39-46,50-52H,13-14,21-34H2,1-3H3/t35-,39?,40+,41-,42+,43+,44-,45+,46?,47+,48-/m1/s1. The van der Waals surface area contributed by atoms with Gasteiger partial charge in [-0.25, -0.2) is 0 Å². The van der Waals surface area contributed by atoms with Crippen LogP contribution >= 0.6 is 0 Å². The fourth-order valence-electron chi connectivity index (χ4n) is 12.9. The summed E-state index contributed by atoms with van der Waals surface area (Å²) >= 11 is 0. The summed E-state index contributed by atoms with van der Waals surface area (Å²) < 4.78 is 26.8. The van der Waals surface area contributed by atoms with Gasteiger partial charge in [0.25, 0.3) is 0 Å². The molecule has 7 rings (SSSR count). The lowest BCUT2D eigenvalue weighted by Gasteiger charge is -2.64. The van der Waals surface area contributed by atoms with Gasteiger partial charge in [-0.3, -0.25) is 0 Å². The Labute approximate surface area is 336 Å². The molecule has 3 N–H and O–H groups in total. The van der Waals surface area contributed by atoms with Gasteiger partial charge in [-0.15, -0.1) is 0 Å². The second-order valence-electron chi connectivity index (χ2n) is 18.0. The van der Waals surface area contributed by atoms with E-state index >= 15 is 0 Å². The van der Waals surface area contributed by atoms with E-state index in [1.54, 1.807) is 0 Å². The van der Waals surface area contributed by atoms with Gasteiger partial charge >= 0.3 is 0 Å². The van der Waals surface area contributed by atoms with E-state index in [1.807, 2.05) is 0 Å². The molecule has 4 saturated carbocycles. The normalized spacial score (nSPS) is 33.3. The van der Waals surface area contributed by atoms with Crippen molar-refractivity contribution in [2.45, 2.75) is 102 Å². The first kappa shape index (κ1) is 41.5. The molecule has 0 amide bonds. The molecule has 0 radical (unpaired) electrons.